The van der Waals surface area contributed by atoms with Gasteiger partial charge in [-0.05, 0) is 36.2 Å². The second-order valence-electron chi connectivity index (χ2n) is 7.18. The lowest BCUT2D eigenvalue weighted by atomic mass is 9.95. The largest absolute Gasteiger partial charge is 0.416 e. The van der Waals surface area contributed by atoms with Gasteiger partial charge < -0.3 is 9.80 Å². The monoisotopic (exact) mass is 486 g/mol. The highest BCUT2D eigenvalue weighted by Crippen LogP contribution is 2.43. The molecule has 1 fully saturated rings. The summed E-state index contributed by atoms with van der Waals surface area (Å²) in [5.41, 5.74) is -4.61. The third-order valence-electron chi connectivity index (χ3n) is 5.13. The summed E-state index contributed by atoms with van der Waals surface area (Å²) >= 11 is 5.48. The molecular formula is C20H15ClF8N2O. The minimum Gasteiger partial charge on any atom is -0.371 e. The average Bonchev–Trinajstić information content (AvgIpc) is 2.63. The smallest absolute Gasteiger partial charge is 0.371 e. The van der Waals surface area contributed by atoms with Crippen molar-refractivity contribution in [3.8, 4) is 0 Å². The van der Waals surface area contributed by atoms with Crippen LogP contribution >= 0.6 is 11.6 Å². The zero-order valence-corrected chi connectivity index (χ0v) is 17.1. The molecule has 32 heavy (non-hydrogen) atoms. The van der Waals surface area contributed by atoms with Crippen LogP contribution in [0.15, 0.2) is 24.3 Å². The summed E-state index contributed by atoms with van der Waals surface area (Å²) in [4.78, 5) is 14.7. The molecule has 0 spiro atoms. The maximum Gasteiger partial charge on any atom is 0.416 e. The van der Waals surface area contributed by atoms with Gasteiger partial charge in [0.2, 0.25) is 5.91 Å². The van der Waals surface area contributed by atoms with Crippen LogP contribution in [0.1, 0.15) is 23.1 Å². The Bertz CT molecular complexity index is 1050. The molecule has 0 radical (unpaired) electrons. The molecule has 2 aromatic rings. The van der Waals surface area contributed by atoms with Crippen LogP contribution in [0.3, 0.4) is 0 Å². The molecule has 1 aliphatic heterocycles. The molecule has 0 atom stereocenters. The number of benzene rings is 2. The zero-order chi connectivity index (χ0) is 24.0. The molecule has 1 heterocycles. The van der Waals surface area contributed by atoms with Crippen LogP contribution < -0.4 is 9.80 Å². The standard InChI is InChI=1S/C20H15ClF8N2O/c1-30(14-4-3-13(22)17(21)18(14)23)16(32)9-11-12(20(27,28)29)7-10(19(24,25)26)8-15(11)31-5-2-6-31/h3-4,7-8H,2,5-6,9H2,1H3. The molecule has 0 aliphatic carbocycles. The molecule has 2 aromatic carbocycles. The number of anilines is 2. The van der Waals surface area contributed by atoms with Gasteiger partial charge in [0, 0.05) is 25.8 Å². The Morgan fingerprint density at radius 3 is 2.19 bits per heavy atom. The molecule has 0 saturated carbocycles. The molecule has 12 heteroatoms. The summed E-state index contributed by atoms with van der Waals surface area (Å²) in [6.07, 6.45) is -10.6. The van der Waals surface area contributed by atoms with E-state index >= 15 is 0 Å². The van der Waals surface area contributed by atoms with Gasteiger partial charge in [-0.3, -0.25) is 4.79 Å². The molecule has 1 amide bonds. The molecule has 3 rings (SSSR count). The molecule has 3 nitrogen and oxygen atoms in total. The van der Waals surface area contributed by atoms with Crippen molar-refractivity contribution in [2.75, 3.05) is 29.9 Å². The van der Waals surface area contributed by atoms with Gasteiger partial charge in [-0.25, -0.2) is 8.78 Å². The third kappa shape index (κ3) is 4.62. The first kappa shape index (κ1) is 24.1. The Balaban J connectivity index is 2.08. The average molecular weight is 487 g/mol. The molecule has 174 valence electrons. The Morgan fingerprint density at radius 2 is 1.69 bits per heavy atom. The van der Waals surface area contributed by atoms with Gasteiger partial charge in [-0.2, -0.15) is 26.3 Å². The maximum atomic E-state index is 14.3. The number of halogens is 9. The number of carbonyl (C=O) groups excluding carboxylic acids is 1. The zero-order valence-electron chi connectivity index (χ0n) is 16.3. The van der Waals surface area contributed by atoms with E-state index in [1.165, 1.54) is 4.90 Å². The quantitative estimate of drug-likeness (QED) is 0.387. The fourth-order valence-electron chi connectivity index (χ4n) is 3.28. The van der Waals surface area contributed by atoms with Gasteiger partial charge in [0.05, 0.1) is 23.2 Å². The highest BCUT2D eigenvalue weighted by Gasteiger charge is 2.41. The van der Waals surface area contributed by atoms with Crippen LogP contribution in [-0.4, -0.2) is 26.0 Å². The highest BCUT2D eigenvalue weighted by molar-refractivity contribution is 6.31. The third-order valence-corrected chi connectivity index (χ3v) is 5.48. The number of nitrogens with zero attached hydrogens (tertiary/aromatic N) is 2. The van der Waals surface area contributed by atoms with E-state index in [-0.39, 0.29) is 24.8 Å². The van der Waals surface area contributed by atoms with Gasteiger partial charge in [0.15, 0.2) is 5.82 Å². The van der Waals surface area contributed by atoms with Gasteiger partial charge in [0.1, 0.15) is 10.8 Å². The van der Waals surface area contributed by atoms with Crippen molar-refractivity contribution in [2.24, 2.45) is 0 Å². The van der Waals surface area contributed by atoms with Crippen molar-refractivity contribution in [3.05, 3.63) is 57.6 Å². The minimum atomic E-state index is -5.18. The second kappa shape index (κ2) is 8.42. The van der Waals surface area contributed by atoms with E-state index in [1.807, 2.05) is 0 Å². The molecule has 0 aromatic heterocycles. The lowest BCUT2D eigenvalue weighted by Gasteiger charge is -2.36. The molecule has 1 aliphatic rings. The summed E-state index contributed by atoms with van der Waals surface area (Å²) in [6, 6.07) is 2.19. The number of alkyl halides is 6. The number of hydrogen-bond donors (Lipinski definition) is 0. The number of carbonyl (C=O) groups is 1. The fourth-order valence-corrected chi connectivity index (χ4v) is 3.44. The summed E-state index contributed by atoms with van der Waals surface area (Å²) in [7, 11) is 1.04. The summed E-state index contributed by atoms with van der Waals surface area (Å²) in [5.74, 6) is -3.46. The Morgan fingerprint density at radius 1 is 1.06 bits per heavy atom. The topological polar surface area (TPSA) is 23.6 Å². The molecule has 0 N–H and O–H groups in total. The normalized spacial score (nSPS) is 14.4. The predicted octanol–water partition coefficient (Wildman–Crippen LogP) is 6.07. The van der Waals surface area contributed by atoms with Crippen molar-refractivity contribution in [1.82, 2.24) is 0 Å². The van der Waals surface area contributed by atoms with Crippen LogP contribution in [0.2, 0.25) is 5.02 Å². The Kier molecular flexibility index (Phi) is 6.34. The fraction of sp³-hybridized carbons (Fsp3) is 0.350. The van der Waals surface area contributed by atoms with Crippen LogP contribution in [0.5, 0.6) is 0 Å². The molecular weight excluding hydrogens is 472 g/mol. The summed E-state index contributed by atoms with van der Waals surface area (Å²) in [5, 5.41) is -0.908. The molecule has 0 unspecified atom stereocenters. The number of rotatable bonds is 4. The number of hydrogen-bond acceptors (Lipinski definition) is 2. The van der Waals surface area contributed by atoms with Gasteiger partial charge >= 0.3 is 12.4 Å². The molecule has 1 saturated heterocycles. The predicted molar refractivity (Wildman–Crippen MR) is 102 cm³/mol. The number of amides is 1. The van der Waals surface area contributed by atoms with Crippen molar-refractivity contribution >= 4 is 28.9 Å². The maximum absolute atomic E-state index is 14.3. The van der Waals surface area contributed by atoms with E-state index in [0.717, 1.165) is 19.2 Å². The highest BCUT2D eigenvalue weighted by atomic mass is 35.5. The lowest BCUT2D eigenvalue weighted by Crippen LogP contribution is -2.39. The van der Waals surface area contributed by atoms with E-state index in [2.05, 4.69) is 0 Å². The van der Waals surface area contributed by atoms with Crippen molar-refractivity contribution < 1.29 is 39.9 Å². The summed E-state index contributed by atoms with van der Waals surface area (Å²) in [6.45, 7) is 0.440. The van der Waals surface area contributed by atoms with Crippen molar-refractivity contribution in [3.63, 3.8) is 0 Å². The van der Waals surface area contributed by atoms with E-state index in [9.17, 15) is 39.9 Å². The van der Waals surface area contributed by atoms with Crippen LogP contribution in [0.25, 0.3) is 0 Å². The van der Waals surface area contributed by atoms with Gasteiger partial charge in [-0.15, -0.1) is 0 Å². The molecule has 0 bridgehead atoms. The van der Waals surface area contributed by atoms with E-state index in [1.54, 1.807) is 0 Å². The van der Waals surface area contributed by atoms with Crippen molar-refractivity contribution in [2.45, 2.75) is 25.2 Å². The first-order valence-electron chi connectivity index (χ1n) is 9.18. The SMILES string of the molecule is CN(C(=O)Cc1c(N2CCC2)cc(C(F)(F)F)cc1C(F)(F)F)c1ccc(F)c(Cl)c1F. The first-order chi connectivity index (χ1) is 14.7. The van der Waals surface area contributed by atoms with Crippen LogP contribution in [0, 0.1) is 11.6 Å². The van der Waals surface area contributed by atoms with E-state index in [0.29, 0.717) is 17.4 Å². The van der Waals surface area contributed by atoms with E-state index in [4.69, 9.17) is 11.6 Å². The minimum absolute atomic E-state index is 0.0404. The second-order valence-corrected chi connectivity index (χ2v) is 7.56. The number of likely N-dealkylation sites (N-methyl/N-ethyl adjacent to an activating group) is 1. The van der Waals surface area contributed by atoms with Gasteiger partial charge in [0.25, 0.3) is 0 Å². The Hall–Kier alpha value is -2.56. The lowest BCUT2D eigenvalue weighted by molar-refractivity contribution is -0.143. The first-order valence-corrected chi connectivity index (χ1v) is 9.56. The van der Waals surface area contributed by atoms with Gasteiger partial charge in [-0.1, -0.05) is 11.6 Å². The van der Waals surface area contributed by atoms with Crippen LogP contribution in [0.4, 0.5) is 46.5 Å². The summed E-state index contributed by atoms with van der Waals surface area (Å²) < 4.78 is 108. The Labute approximate surface area is 182 Å². The van der Waals surface area contributed by atoms with Crippen molar-refractivity contribution in [1.29, 1.82) is 0 Å². The van der Waals surface area contributed by atoms with E-state index < -0.39 is 63.7 Å². The van der Waals surface area contributed by atoms with Crippen LogP contribution in [-0.2, 0) is 23.6 Å².